The Morgan fingerprint density at radius 3 is 2.00 bits per heavy atom. The SMILES string of the molecule is CC(C)c1c(C(=O)Nc2ccccc2)c(-c2ccccc2)c(-c2ccc(F)cc2)n1CC(O)CCC(O)CC(=O)O. The summed E-state index contributed by atoms with van der Waals surface area (Å²) in [6.07, 6.45) is -2.18. The van der Waals surface area contributed by atoms with E-state index >= 15 is 0 Å². The second kappa shape index (κ2) is 13.4. The smallest absolute Gasteiger partial charge is 0.305 e. The summed E-state index contributed by atoms with van der Waals surface area (Å²) in [5.74, 6) is -1.97. The molecule has 2 unspecified atom stereocenters. The van der Waals surface area contributed by atoms with Crippen LogP contribution in [0.2, 0.25) is 0 Å². The van der Waals surface area contributed by atoms with Gasteiger partial charge in [-0.3, -0.25) is 9.59 Å². The van der Waals surface area contributed by atoms with Gasteiger partial charge in [-0.25, -0.2) is 4.39 Å². The quantitative estimate of drug-likeness (QED) is 0.163. The summed E-state index contributed by atoms with van der Waals surface area (Å²) in [5, 5.41) is 33.2. The van der Waals surface area contributed by atoms with Gasteiger partial charge in [0.15, 0.2) is 0 Å². The molecule has 0 radical (unpaired) electrons. The van der Waals surface area contributed by atoms with E-state index in [-0.39, 0.29) is 31.2 Å². The summed E-state index contributed by atoms with van der Waals surface area (Å²) in [7, 11) is 0. The molecule has 0 fully saturated rings. The molecule has 0 aliphatic rings. The first-order valence-electron chi connectivity index (χ1n) is 13.7. The van der Waals surface area contributed by atoms with Crippen LogP contribution in [0, 0.1) is 5.82 Å². The van der Waals surface area contributed by atoms with Gasteiger partial charge in [-0.15, -0.1) is 0 Å². The molecular formula is C33H35FN2O5. The number of hydrogen-bond donors (Lipinski definition) is 4. The predicted octanol–water partition coefficient (Wildman–Crippen LogP) is 6.31. The fourth-order valence-corrected chi connectivity index (χ4v) is 5.16. The van der Waals surface area contributed by atoms with E-state index in [1.54, 1.807) is 24.3 Å². The summed E-state index contributed by atoms with van der Waals surface area (Å²) in [6.45, 7) is 4.02. The van der Waals surface area contributed by atoms with Crippen LogP contribution in [0.3, 0.4) is 0 Å². The third kappa shape index (κ3) is 7.28. The third-order valence-corrected chi connectivity index (χ3v) is 6.93. The Kier molecular flexibility index (Phi) is 9.70. The summed E-state index contributed by atoms with van der Waals surface area (Å²) in [5.41, 5.74) is 4.56. The van der Waals surface area contributed by atoms with E-state index in [9.17, 15) is 24.2 Å². The van der Waals surface area contributed by atoms with Gasteiger partial charge in [-0.05, 0) is 66.3 Å². The topological polar surface area (TPSA) is 112 Å². The fraction of sp³-hybridized carbons (Fsp3) is 0.273. The molecule has 0 saturated carbocycles. The van der Waals surface area contributed by atoms with Crippen LogP contribution in [0.15, 0.2) is 84.9 Å². The fourth-order valence-electron chi connectivity index (χ4n) is 5.16. The zero-order chi connectivity index (χ0) is 29.5. The summed E-state index contributed by atoms with van der Waals surface area (Å²) in [4.78, 5) is 25.0. The molecule has 4 N–H and O–H groups in total. The number of carbonyl (C=O) groups is 2. The highest BCUT2D eigenvalue weighted by Crippen LogP contribution is 2.42. The molecule has 0 bridgehead atoms. The van der Waals surface area contributed by atoms with Crippen molar-refractivity contribution in [3.63, 3.8) is 0 Å². The highest BCUT2D eigenvalue weighted by Gasteiger charge is 2.31. The zero-order valence-electron chi connectivity index (χ0n) is 23.1. The second-order valence-corrected chi connectivity index (χ2v) is 10.4. The first-order chi connectivity index (χ1) is 19.7. The van der Waals surface area contributed by atoms with E-state index in [1.165, 1.54) is 12.1 Å². The molecule has 214 valence electrons. The average molecular weight is 559 g/mol. The first kappa shape index (κ1) is 29.7. The highest BCUT2D eigenvalue weighted by molar-refractivity contribution is 6.12. The van der Waals surface area contributed by atoms with Crippen molar-refractivity contribution < 1.29 is 29.3 Å². The number of carbonyl (C=O) groups excluding carboxylic acids is 1. The standard InChI is InChI=1S/C33H35FN2O5/c1-21(2)31-30(33(41)35-25-11-7-4-8-12-25)29(22-9-5-3-6-10-22)32(23-13-15-24(34)16-14-23)36(31)20-27(38)18-17-26(37)19-28(39)40/h3-16,21,26-27,37-38H,17-20H2,1-2H3,(H,35,41)(H,39,40). The van der Waals surface area contributed by atoms with Gasteiger partial charge in [0.2, 0.25) is 0 Å². The lowest BCUT2D eigenvalue weighted by molar-refractivity contribution is -0.139. The number of amides is 1. The molecule has 4 rings (SSSR count). The van der Waals surface area contributed by atoms with Crippen LogP contribution in [-0.4, -0.2) is 44.0 Å². The number of anilines is 1. The van der Waals surface area contributed by atoms with Crippen LogP contribution in [0.25, 0.3) is 22.4 Å². The van der Waals surface area contributed by atoms with E-state index in [0.717, 1.165) is 5.56 Å². The van der Waals surface area contributed by atoms with Gasteiger partial charge in [0.25, 0.3) is 5.91 Å². The summed E-state index contributed by atoms with van der Waals surface area (Å²) >= 11 is 0. The number of benzene rings is 3. The van der Waals surface area contributed by atoms with Crippen LogP contribution in [0.4, 0.5) is 10.1 Å². The van der Waals surface area contributed by atoms with Gasteiger partial charge in [0, 0.05) is 23.5 Å². The Labute approximate surface area is 238 Å². The van der Waals surface area contributed by atoms with E-state index < -0.39 is 30.4 Å². The lowest BCUT2D eigenvalue weighted by Gasteiger charge is -2.21. The zero-order valence-corrected chi connectivity index (χ0v) is 23.1. The molecule has 0 aliphatic heterocycles. The Balaban J connectivity index is 1.90. The second-order valence-electron chi connectivity index (χ2n) is 10.4. The largest absolute Gasteiger partial charge is 0.481 e. The molecule has 7 nitrogen and oxygen atoms in total. The Bertz CT molecular complexity index is 1470. The minimum Gasteiger partial charge on any atom is -0.481 e. The maximum atomic E-state index is 14.1. The molecule has 41 heavy (non-hydrogen) atoms. The predicted molar refractivity (Wildman–Crippen MR) is 157 cm³/mol. The summed E-state index contributed by atoms with van der Waals surface area (Å²) in [6, 6.07) is 24.6. The van der Waals surface area contributed by atoms with Crippen LogP contribution < -0.4 is 5.32 Å². The van der Waals surface area contributed by atoms with Gasteiger partial charge in [0.05, 0.1) is 29.9 Å². The molecule has 0 spiro atoms. The number of aromatic nitrogens is 1. The van der Waals surface area contributed by atoms with Crippen LogP contribution in [0.5, 0.6) is 0 Å². The number of para-hydroxylation sites is 1. The maximum absolute atomic E-state index is 14.1. The van der Waals surface area contributed by atoms with Crippen molar-refractivity contribution in [2.45, 2.75) is 57.8 Å². The van der Waals surface area contributed by atoms with E-state index in [2.05, 4.69) is 5.32 Å². The molecule has 1 aromatic heterocycles. The number of carboxylic acids is 1. The average Bonchev–Trinajstić information content (AvgIpc) is 3.28. The lowest BCUT2D eigenvalue weighted by Crippen LogP contribution is -2.23. The van der Waals surface area contributed by atoms with Crippen molar-refractivity contribution in [1.29, 1.82) is 0 Å². The Morgan fingerprint density at radius 1 is 0.829 bits per heavy atom. The molecule has 4 aromatic rings. The van der Waals surface area contributed by atoms with Gasteiger partial charge < -0.3 is 25.2 Å². The lowest BCUT2D eigenvalue weighted by atomic mass is 9.94. The normalized spacial score (nSPS) is 12.7. The number of aliphatic carboxylic acids is 1. The van der Waals surface area contributed by atoms with Crippen LogP contribution in [-0.2, 0) is 11.3 Å². The van der Waals surface area contributed by atoms with Crippen molar-refractivity contribution >= 4 is 17.6 Å². The number of nitrogens with zero attached hydrogens (tertiary/aromatic N) is 1. The number of aliphatic hydroxyl groups excluding tert-OH is 2. The minimum atomic E-state index is -1.11. The van der Waals surface area contributed by atoms with E-state index in [1.807, 2.05) is 66.9 Å². The van der Waals surface area contributed by atoms with E-state index in [0.29, 0.717) is 33.8 Å². The van der Waals surface area contributed by atoms with Crippen molar-refractivity contribution in [3.8, 4) is 22.4 Å². The van der Waals surface area contributed by atoms with Crippen molar-refractivity contribution in [2.75, 3.05) is 5.32 Å². The molecule has 3 aromatic carbocycles. The van der Waals surface area contributed by atoms with Crippen molar-refractivity contribution in [2.24, 2.45) is 0 Å². The first-order valence-corrected chi connectivity index (χ1v) is 13.7. The number of hydrogen-bond acceptors (Lipinski definition) is 4. The number of aliphatic hydroxyl groups is 2. The minimum absolute atomic E-state index is 0.0818. The monoisotopic (exact) mass is 558 g/mol. The molecule has 2 atom stereocenters. The Hall–Kier alpha value is -4.27. The Morgan fingerprint density at radius 2 is 1.41 bits per heavy atom. The number of halogens is 1. The molecule has 1 amide bonds. The molecule has 0 aliphatic carbocycles. The highest BCUT2D eigenvalue weighted by atomic mass is 19.1. The number of rotatable bonds is 12. The molecule has 8 heteroatoms. The van der Waals surface area contributed by atoms with Gasteiger partial charge in [-0.1, -0.05) is 62.4 Å². The van der Waals surface area contributed by atoms with Crippen molar-refractivity contribution in [1.82, 2.24) is 4.57 Å². The van der Waals surface area contributed by atoms with Crippen molar-refractivity contribution in [3.05, 3.63) is 102 Å². The molecule has 1 heterocycles. The van der Waals surface area contributed by atoms with Crippen LogP contribution in [0.1, 0.15) is 55.1 Å². The van der Waals surface area contributed by atoms with Gasteiger partial charge >= 0.3 is 5.97 Å². The number of carboxylic acid groups (broad SMARTS) is 1. The van der Waals surface area contributed by atoms with Gasteiger partial charge in [-0.2, -0.15) is 0 Å². The third-order valence-electron chi connectivity index (χ3n) is 6.93. The summed E-state index contributed by atoms with van der Waals surface area (Å²) < 4.78 is 15.9. The molecular weight excluding hydrogens is 523 g/mol. The van der Waals surface area contributed by atoms with Gasteiger partial charge in [0.1, 0.15) is 5.82 Å². The number of nitrogens with one attached hydrogen (secondary N) is 1. The van der Waals surface area contributed by atoms with Crippen LogP contribution >= 0.6 is 0 Å². The van der Waals surface area contributed by atoms with E-state index in [4.69, 9.17) is 5.11 Å². The molecule has 0 saturated heterocycles. The maximum Gasteiger partial charge on any atom is 0.305 e.